The lowest BCUT2D eigenvalue weighted by molar-refractivity contribution is -0.183. The molecule has 10 heteroatoms. The summed E-state index contributed by atoms with van der Waals surface area (Å²) in [6, 6.07) is 0. The number of fused-ring (bicyclic) bond motifs is 1. The monoisotopic (exact) mass is 554 g/mol. The lowest BCUT2D eigenvalue weighted by Crippen LogP contribution is -2.53. The Bertz CT molecular complexity index is 766. The molecule has 3 aliphatic heterocycles. The number of halogens is 1. The summed E-state index contributed by atoms with van der Waals surface area (Å²) in [5.74, 6) is -2.07. The number of hydrogen-bond donors (Lipinski definition) is 2. The summed E-state index contributed by atoms with van der Waals surface area (Å²) in [7, 11) is 0. The highest BCUT2D eigenvalue weighted by Crippen LogP contribution is 2.56. The molecule has 0 aliphatic carbocycles. The third-order valence-corrected chi connectivity index (χ3v) is 7.55. The van der Waals surface area contributed by atoms with Gasteiger partial charge in [-0.25, -0.2) is 0 Å². The van der Waals surface area contributed by atoms with Gasteiger partial charge in [-0.15, -0.1) is 0 Å². The highest BCUT2D eigenvalue weighted by Gasteiger charge is 2.77. The first-order valence-corrected chi connectivity index (χ1v) is 11.5. The van der Waals surface area contributed by atoms with Crippen molar-refractivity contribution in [1.29, 1.82) is 0 Å². The molecular weight excluding hydrogens is 523 g/mol. The molecule has 0 aromatic rings. The van der Waals surface area contributed by atoms with Gasteiger partial charge in [0.2, 0.25) is 0 Å². The van der Waals surface area contributed by atoms with Crippen LogP contribution in [0.2, 0.25) is 0 Å². The average Bonchev–Trinajstić information content (AvgIpc) is 3.21. The average molecular weight is 554 g/mol. The van der Waals surface area contributed by atoms with Crippen molar-refractivity contribution in [1.82, 2.24) is 0 Å². The Balaban J connectivity index is 1.78. The summed E-state index contributed by atoms with van der Waals surface area (Å²) < 4.78 is 21.8. The molecular formula is C21H31IO9. The summed E-state index contributed by atoms with van der Waals surface area (Å²) >= 11 is 2.02. The molecule has 9 nitrogen and oxygen atoms in total. The zero-order valence-electron chi connectivity index (χ0n) is 18.6. The van der Waals surface area contributed by atoms with Crippen molar-refractivity contribution >= 4 is 40.5 Å². The number of ether oxygens (including phenoxy) is 4. The van der Waals surface area contributed by atoms with Crippen LogP contribution >= 0.6 is 22.6 Å². The van der Waals surface area contributed by atoms with Crippen molar-refractivity contribution in [3.8, 4) is 0 Å². The standard InChI is InChI=1S/C21H31IO9/c1-7-20(6,22)15(23)30-12-10-8-21(14(28-10)13(12)31-17(21)25)16(24)29-11(19(4,5)27)9-18(2,3)26/h10-14,26-27H,7-9H2,1-6H3. The van der Waals surface area contributed by atoms with Crippen molar-refractivity contribution in [2.24, 2.45) is 5.41 Å². The Kier molecular flexibility index (Phi) is 6.21. The van der Waals surface area contributed by atoms with E-state index in [1.165, 1.54) is 27.7 Å². The minimum absolute atomic E-state index is 0.0305. The molecule has 3 fully saturated rings. The zero-order chi connectivity index (χ0) is 23.6. The van der Waals surface area contributed by atoms with Gasteiger partial charge in [-0.05, 0) is 41.0 Å². The maximum absolute atomic E-state index is 13.2. The van der Waals surface area contributed by atoms with Gasteiger partial charge in [-0.1, -0.05) is 29.5 Å². The number of rotatable bonds is 8. The van der Waals surface area contributed by atoms with Gasteiger partial charge in [0.15, 0.2) is 17.6 Å². The van der Waals surface area contributed by atoms with Gasteiger partial charge < -0.3 is 29.2 Å². The van der Waals surface area contributed by atoms with Crippen LogP contribution in [-0.4, -0.2) is 73.3 Å². The Morgan fingerprint density at radius 2 is 1.87 bits per heavy atom. The highest BCUT2D eigenvalue weighted by molar-refractivity contribution is 14.1. The van der Waals surface area contributed by atoms with Gasteiger partial charge in [0.1, 0.15) is 21.7 Å². The van der Waals surface area contributed by atoms with E-state index >= 15 is 0 Å². The fourth-order valence-corrected chi connectivity index (χ4v) is 4.35. The summed E-state index contributed by atoms with van der Waals surface area (Å²) in [6.07, 6.45) is -3.83. The second-order valence-corrected chi connectivity index (χ2v) is 12.5. The number of aliphatic hydroxyl groups is 2. The van der Waals surface area contributed by atoms with Gasteiger partial charge >= 0.3 is 17.9 Å². The third kappa shape index (κ3) is 4.32. The van der Waals surface area contributed by atoms with Crippen molar-refractivity contribution in [3.63, 3.8) is 0 Å². The Morgan fingerprint density at radius 1 is 1.26 bits per heavy atom. The molecule has 3 aliphatic rings. The quantitative estimate of drug-likeness (QED) is 0.151. The molecule has 0 aromatic carbocycles. The van der Waals surface area contributed by atoms with Crippen LogP contribution in [0.5, 0.6) is 0 Å². The van der Waals surface area contributed by atoms with Gasteiger partial charge in [-0.3, -0.25) is 14.4 Å². The Hall–Kier alpha value is -0.980. The molecule has 31 heavy (non-hydrogen) atoms. The van der Waals surface area contributed by atoms with Crippen molar-refractivity contribution in [2.45, 2.75) is 106 Å². The largest absolute Gasteiger partial charge is 0.458 e. The summed E-state index contributed by atoms with van der Waals surface area (Å²) in [5, 5.41) is 20.6. The zero-order valence-corrected chi connectivity index (χ0v) is 20.8. The van der Waals surface area contributed by atoms with Crippen LogP contribution in [-0.2, 0) is 33.3 Å². The first-order valence-electron chi connectivity index (χ1n) is 10.5. The molecule has 176 valence electrons. The molecule has 0 radical (unpaired) electrons. The van der Waals surface area contributed by atoms with E-state index in [1.54, 1.807) is 6.92 Å². The minimum Gasteiger partial charge on any atom is -0.458 e. The summed E-state index contributed by atoms with van der Waals surface area (Å²) in [5.41, 5.74) is -4.33. The highest BCUT2D eigenvalue weighted by atomic mass is 127. The fourth-order valence-electron chi connectivity index (χ4n) is 4.22. The molecule has 7 unspecified atom stereocenters. The smallest absolute Gasteiger partial charge is 0.326 e. The van der Waals surface area contributed by atoms with Gasteiger partial charge in [0.05, 0.1) is 11.2 Å². The molecule has 0 spiro atoms. The molecule has 0 saturated carbocycles. The van der Waals surface area contributed by atoms with Crippen molar-refractivity contribution < 1.29 is 43.5 Å². The predicted molar refractivity (Wildman–Crippen MR) is 115 cm³/mol. The summed E-state index contributed by atoms with van der Waals surface area (Å²) in [4.78, 5) is 38.5. The second kappa shape index (κ2) is 7.81. The maximum Gasteiger partial charge on any atom is 0.326 e. The van der Waals surface area contributed by atoms with Gasteiger partial charge in [0.25, 0.3) is 0 Å². The predicted octanol–water partition coefficient (Wildman–Crippen LogP) is 1.43. The Morgan fingerprint density at radius 3 is 2.39 bits per heavy atom. The number of carbonyl (C=O) groups is 3. The van der Waals surface area contributed by atoms with E-state index in [0.717, 1.165) is 0 Å². The normalized spacial score (nSPS) is 34.8. The van der Waals surface area contributed by atoms with Gasteiger partial charge in [-0.2, -0.15) is 0 Å². The molecule has 2 bridgehead atoms. The van der Waals surface area contributed by atoms with E-state index in [1.807, 2.05) is 29.5 Å². The summed E-state index contributed by atoms with van der Waals surface area (Å²) in [6.45, 7) is 9.63. The first kappa shape index (κ1) is 24.7. The molecule has 3 heterocycles. The molecule has 3 saturated heterocycles. The number of esters is 3. The first-order chi connectivity index (χ1) is 14.0. The maximum atomic E-state index is 13.2. The second-order valence-electron chi connectivity index (χ2n) is 10.1. The van der Waals surface area contributed by atoms with E-state index in [-0.39, 0.29) is 12.8 Å². The lowest BCUT2D eigenvalue weighted by atomic mass is 9.74. The topological polar surface area (TPSA) is 129 Å². The van der Waals surface area contributed by atoms with E-state index in [2.05, 4.69) is 0 Å². The minimum atomic E-state index is -1.67. The third-order valence-electron chi connectivity index (χ3n) is 6.35. The van der Waals surface area contributed by atoms with Crippen molar-refractivity contribution in [2.75, 3.05) is 0 Å². The number of alkyl halides is 1. The fraction of sp³-hybridized carbons (Fsp3) is 0.857. The van der Waals surface area contributed by atoms with Gasteiger partial charge in [0, 0.05) is 12.8 Å². The molecule has 0 amide bonds. The van der Waals surface area contributed by atoms with Crippen LogP contribution < -0.4 is 0 Å². The molecule has 2 N–H and O–H groups in total. The molecule has 3 rings (SSSR count). The van der Waals surface area contributed by atoms with Crippen LogP contribution in [0.25, 0.3) is 0 Å². The van der Waals surface area contributed by atoms with Crippen LogP contribution in [0.3, 0.4) is 0 Å². The van der Waals surface area contributed by atoms with Crippen LogP contribution in [0, 0.1) is 5.41 Å². The molecule has 7 atom stereocenters. The van der Waals surface area contributed by atoms with Crippen LogP contribution in [0.1, 0.15) is 60.8 Å². The van der Waals surface area contributed by atoms with Crippen LogP contribution in [0.4, 0.5) is 0 Å². The number of carbonyl (C=O) groups excluding carboxylic acids is 3. The van der Waals surface area contributed by atoms with E-state index in [4.69, 9.17) is 18.9 Å². The lowest BCUT2D eigenvalue weighted by Gasteiger charge is -2.35. The number of hydrogen-bond acceptors (Lipinski definition) is 9. The van der Waals surface area contributed by atoms with E-state index in [0.29, 0.717) is 6.42 Å². The SMILES string of the molecule is CCC(C)(I)C(=O)OC1C2CC3(C(=O)OC(CC(C)(C)O)C(C)(C)O)C(=O)OC1C3O2. The van der Waals surface area contributed by atoms with E-state index in [9.17, 15) is 24.6 Å². The Labute approximate surface area is 195 Å². The van der Waals surface area contributed by atoms with E-state index < -0.39 is 68.5 Å². The van der Waals surface area contributed by atoms with Crippen molar-refractivity contribution in [3.05, 3.63) is 0 Å². The van der Waals surface area contributed by atoms with Crippen LogP contribution in [0.15, 0.2) is 0 Å². The molecule has 0 aromatic heterocycles.